The molecule has 3 aliphatic heterocycles. The van der Waals surface area contributed by atoms with Crippen molar-refractivity contribution in [2.24, 2.45) is 0 Å². The number of para-hydroxylation sites is 1. The van der Waals surface area contributed by atoms with Gasteiger partial charge in [-0.05, 0) is 6.07 Å². The summed E-state index contributed by atoms with van der Waals surface area (Å²) in [6, 6.07) is 7.31. The van der Waals surface area contributed by atoms with E-state index in [-0.39, 0.29) is 18.4 Å². The summed E-state index contributed by atoms with van der Waals surface area (Å²) in [5.74, 6) is 0.120. The van der Waals surface area contributed by atoms with Crippen LogP contribution in [0.3, 0.4) is 0 Å². The number of halogens is 1. The monoisotopic (exact) mass is 433 g/mol. The molecule has 0 amide bonds. The standard InChI is InChI=1S/C18H27N3O5S.ClH/c1-24-17-5-3-2-4-15(17)16-14-19-8-11-21(16)27(22,23)20-9-6-18(7-10-20)25-12-13-26-18;/h2-5,16,19H,6-14H2,1H3;1H. The second-order valence-electron chi connectivity index (χ2n) is 7.09. The van der Waals surface area contributed by atoms with Gasteiger partial charge in [-0.2, -0.15) is 17.0 Å². The first-order valence-corrected chi connectivity index (χ1v) is 10.8. The van der Waals surface area contributed by atoms with Gasteiger partial charge in [-0.1, -0.05) is 18.2 Å². The molecule has 1 atom stereocenters. The average Bonchev–Trinajstić information content (AvgIpc) is 3.16. The van der Waals surface area contributed by atoms with Crippen LogP contribution < -0.4 is 10.1 Å². The minimum absolute atomic E-state index is 0. The molecule has 3 fully saturated rings. The molecule has 0 saturated carbocycles. The van der Waals surface area contributed by atoms with Crippen LogP contribution in [0.5, 0.6) is 5.75 Å². The van der Waals surface area contributed by atoms with Crippen molar-refractivity contribution in [1.82, 2.24) is 13.9 Å². The van der Waals surface area contributed by atoms with Crippen molar-refractivity contribution in [3.05, 3.63) is 29.8 Å². The molecule has 1 aromatic rings. The largest absolute Gasteiger partial charge is 0.496 e. The predicted octanol–water partition coefficient (Wildman–Crippen LogP) is 1.15. The number of hydrogen-bond donors (Lipinski definition) is 1. The molecule has 0 aromatic heterocycles. The Morgan fingerprint density at radius 2 is 1.82 bits per heavy atom. The quantitative estimate of drug-likeness (QED) is 0.767. The first kappa shape index (κ1) is 21.8. The number of piperazine rings is 1. The first-order chi connectivity index (χ1) is 13.1. The Morgan fingerprint density at radius 1 is 1.14 bits per heavy atom. The fourth-order valence-electron chi connectivity index (χ4n) is 4.16. The summed E-state index contributed by atoms with van der Waals surface area (Å²) in [6.07, 6.45) is 1.13. The molecule has 1 spiro atoms. The highest BCUT2D eigenvalue weighted by atomic mass is 35.5. The van der Waals surface area contributed by atoms with Crippen molar-refractivity contribution in [1.29, 1.82) is 0 Å². The van der Waals surface area contributed by atoms with E-state index in [0.29, 0.717) is 64.5 Å². The third kappa shape index (κ3) is 4.02. The van der Waals surface area contributed by atoms with E-state index < -0.39 is 16.0 Å². The average molecular weight is 434 g/mol. The number of ether oxygens (including phenoxy) is 3. The molecule has 1 unspecified atom stereocenters. The minimum atomic E-state index is -3.59. The van der Waals surface area contributed by atoms with Crippen molar-refractivity contribution in [2.45, 2.75) is 24.7 Å². The molecule has 3 heterocycles. The van der Waals surface area contributed by atoms with Crippen LogP contribution in [0, 0.1) is 0 Å². The molecular weight excluding hydrogens is 406 g/mol. The van der Waals surface area contributed by atoms with Gasteiger partial charge in [0, 0.05) is 51.1 Å². The van der Waals surface area contributed by atoms with Gasteiger partial charge in [0.1, 0.15) is 5.75 Å². The van der Waals surface area contributed by atoms with Crippen molar-refractivity contribution in [2.75, 3.05) is 53.0 Å². The summed E-state index contributed by atoms with van der Waals surface area (Å²) in [7, 11) is -1.98. The summed E-state index contributed by atoms with van der Waals surface area (Å²) in [4.78, 5) is 0. The Kier molecular flexibility index (Phi) is 6.86. The van der Waals surface area contributed by atoms with Crippen LogP contribution in [-0.2, 0) is 19.7 Å². The van der Waals surface area contributed by atoms with Crippen LogP contribution in [0.2, 0.25) is 0 Å². The lowest BCUT2D eigenvalue weighted by Gasteiger charge is -2.42. The normalized spacial score (nSPS) is 26.1. The second kappa shape index (κ2) is 8.83. The van der Waals surface area contributed by atoms with E-state index in [4.69, 9.17) is 14.2 Å². The molecule has 1 aromatic carbocycles. The van der Waals surface area contributed by atoms with Crippen LogP contribution >= 0.6 is 12.4 Å². The van der Waals surface area contributed by atoms with Crippen molar-refractivity contribution >= 4 is 22.6 Å². The van der Waals surface area contributed by atoms with Gasteiger partial charge in [0.15, 0.2) is 5.79 Å². The molecule has 3 aliphatic rings. The summed E-state index contributed by atoms with van der Waals surface area (Å²) >= 11 is 0. The Hall–Kier alpha value is -0.940. The second-order valence-corrected chi connectivity index (χ2v) is 8.97. The molecule has 0 bridgehead atoms. The highest BCUT2D eigenvalue weighted by Crippen LogP contribution is 2.36. The van der Waals surface area contributed by atoms with Gasteiger partial charge in [0.05, 0.1) is 26.4 Å². The van der Waals surface area contributed by atoms with Crippen molar-refractivity contribution < 1.29 is 22.6 Å². The highest BCUT2D eigenvalue weighted by molar-refractivity contribution is 7.86. The van der Waals surface area contributed by atoms with Crippen LogP contribution in [0.15, 0.2) is 24.3 Å². The van der Waals surface area contributed by atoms with Crippen molar-refractivity contribution in [3.8, 4) is 5.75 Å². The van der Waals surface area contributed by atoms with Crippen LogP contribution in [0.25, 0.3) is 0 Å². The number of hydrogen-bond acceptors (Lipinski definition) is 6. The maximum Gasteiger partial charge on any atom is 0.282 e. The van der Waals surface area contributed by atoms with E-state index >= 15 is 0 Å². The fraction of sp³-hybridized carbons (Fsp3) is 0.667. The smallest absolute Gasteiger partial charge is 0.282 e. The zero-order valence-corrected chi connectivity index (χ0v) is 17.6. The highest BCUT2D eigenvalue weighted by Gasteiger charge is 2.45. The fourth-order valence-corrected chi connectivity index (χ4v) is 5.93. The topological polar surface area (TPSA) is 80.3 Å². The Morgan fingerprint density at radius 3 is 2.50 bits per heavy atom. The van der Waals surface area contributed by atoms with Crippen LogP contribution in [0.4, 0.5) is 0 Å². The lowest BCUT2D eigenvalue weighted by molar-refractivity contribution is -0.179. The van der Waals surface area contributed by atoms with Gasteiger partial charge in [-0.15, -0.1) is 12.4 Å². The maximum absolute atomic E-state index is 13.4. The van der Waals surface area contributed by atoms with Gasteiger partial charge >= 0.3 is 0 Å². The number of nitrogens with one attached hydrogen (secondary N) is 1. The molecule has 0 radical (unpaired) electrons. The molecular formula is C18H28ClN3O5S. The van der Waals surface area contributed by atoms with Gasteiger partial charge in [0.25, 0.3) is 10.2 Å². The third-order valence-electron chi connectivity index (χ3n) is 5.61. The number of rotatable bonds is 4. The van der Waals surface area contributed by atoms with Gasteiger partial charge in [-0.3, -0.25) is 0 Å². The van der Waals surface area contributed by atoms with E-state index in [1.165, 1.54) is 0 Å². The molecule has 158 valence electrons. The molecule has 8 nitrogen and oxygen atoms in total. The van der Waals surface area contributed by atoms with Gasteiger partial charge in [0.2, 0.25) is 0 Å². The summed E-state index contributed by atoms with van der Waals surface area (Å²) < 4.78 is 47.0. The van der Waals surface area contributed by atoms with E-state index in [0.717, 1.165) is 5.56 Å². The molecule has 1 N–H and O–H groups in total. The Balaban J connectivity index is 0.00000225. The first-order valence-electron chi connectivity index (χ1n) is 9.44. The predicted molar refractivity (Wildman–Crippen MR) is 107 cm³/mol. The zero-order chi connectivity index (χ0) is 18.9. The van der Waals surface area contributed by atoms with Crippen molar-refractivity contribution in [3.63, 3.8) is 0 Å². The number of benzene rings is 1. The zero-order valence-electron chi connectivity index (χ0n) is 16.0. The SMILES string of the molecule is COc1ccccc1C1CNCCN1S(=O)(=O)N1CCC2(CC1)OCCO2.Cl. The lowest BCUT2D eigenvalue weighted by atomic mass is 10.0. The van der Waals surface area contributed by atoms with E-state index in [9.17, 15) is 8.42 Å². The molecule has 4 rings (SSSR count). The van der Waals surface area contributed by atoms with E-state index in [1.54, 1.807) is 15.7 Å². The lowest BCUT2D eigenvalue weighted by Crippen LogP contribution is -2.56. The Labute approximate surface area is 172 Å². The third-order valence-corrected chi connectivity index (χ3v) is 7.66. The molecule has 0 aliphatic carbocycles. The van der Waals surface area contributed by atoms with Crippen LogP contribution in [0.1, 0.15) is 24.4 Å². The molecule has 28 heavy (non-hydrogen) atoms. The molecule has 10 heteroatoms. The number of nitrogens with zero attached hydrogens (tertiary/aromatic N) is 2. The summed E-state index contributed by atoms with van der Waals surface area (Å²) in [6.45, 7) is 3.61. The maximum atomic E-state index is 13.4. The number of methoxy groups -OCH3 is 1. The van der Waals surface area contributed by atoms with Gasteiger partial charge in [-0.25, -0.2) is 0 Å². The Bertz CT molecular complexity index is 762. The minimum Gasteiger partial charge on any atom is -0.496 e. The molecule has 3 saturated heterocycles. The summed E-state index contributed by atoms with van der Waals surface area (Å²) in [5, 5.41) is 3.31. The van der Waals surface area contributed by atoms with Crippen LogP contribution in [-0.4, -0.2) is 75.9 Å². The van der Waals surface area contributed by atoms with E-state index in [1.807, 2.05) is 24.3 Å². The number of piperidine rings is 1. The van der Waals surface area contributed by atoms with Gasteiger partial charge < -0.3 is 19.5 Å². The summed E-state index contributed by atoms with van der Waals surface area (Å²) in [5.41, 5.74) is 0.881. The van der Waals surface area contributed by atoms with E-state index in [2.05, 4.69) is 5.32 Å².